The zero-order valence-electron chi connectivity index (χ0n) is 17.1. The summed E-state index contributed by atoms with van der Waals surface area (Å²) in [6.45, 7) is 2.86. The Kier molecular flexibility index (Phi) is 5.50. The van der Waals surface area contributed by atoms with E-state index in [-0.39, 0.29) is 24.0 Å². The third-order valence-electron chi connectivity index (χ3n) is 5.89. The lowest BCUT2D eigenvalue weighted by atomic mass is 10.1. The van der Waals surface area contributed by atoms with Crippen LogP contribution in [0.25, 0.3) is 0 Å². The summed E-state index contributed by atoms with van der Waals surface area (Å²) >= 11 is 0. The standard InChI is InChI=1S/C22H25N3O5/c1-29-19-8-7-15(13-20(19)30-2)25-21(27)14-17(22(25)28)24-11-9-23(10-12-24)16-5-3-4-6-18(16)26/h3-8,13,17,26H,9-12,14H2,1-2H3/p+1/t17-/m0/s1. The minimum absolute atomic E-state index is 0.182. The molecule has 2 aromatic carbocycles. The number of nitrogens with zero attached hydrogens (tertiary/aromatic N) is 2. The van der Waals surface area contributed by atoms with Gasteiger partial charge in [0.25, 0.3) is 5.91 Å². The summed E-state index contributed by atoms with van der Waals surface area (Å²) < 4.78 is 10.5. The summed E-state index contributed by atoms with van der Waals surface area (Å²) in [4.78, 5) is 30.3. The van der Waals surface area contributed by atoms with Gasteiger partial charge in [-0.05, 0) is 24.3 Å². The van der Waals surface area contributed by atoms with Crippen molar-refractivity contribution in [3.05, 3.63) is 42.5 Å². The number of amides is 2. The molecule has 4 rings (SSSR count). The third-order valence-corrected chi connectivity index (χ3v) is 5.89. The Morgan fingerprint density at radius 2 is 1.70 bits per heavy atom. The zero-order valence-corrected chi connectivity index (χ0v) is 17.1. The van der Waals surface area contributed by atoms with Gasteiger partial charge in [-0.1, -0.05) is 12.1 Å². The highest BCUT2D eigenvalue weighted by atomic mass is 16.5. The van der Waals surface area contributed by atoms with E-state index in [1.807, 2.05) is 12.1 Å². The summed E-state index contributed by atoms with van der Waals surface area (Å²) in [6.07, 6.45) is 0.194. The maximum absolute atomic E-state index is 13.1. The van der Waals surface area contributed by atoms with Crippen molar-refractivity contribution in [1.82, 2.24) is 0 Å². The number of hydrogen-bond donors (Lipinski definition) is 2. The zero-order chi connectivity index (χ0) is 21.3. The van der Waals surface area contributed by atoms with Crippen molar-refractivity contribution >= 4 is 23.2 Å². The van der Waals surface area contributed by atoms with E-state index in [9.17, 15) is 14.7 Å². The van der Waals surface area contributed by atoms with Gasteiger partial charge in [0.05, 0.1) is 58.2 Å². The van der Waals surface area contributed by atoms with Crippen LogP contribution < -0.4 is 24.2 Å². The maximum atomic E-state index is 13.1. The lowest BCUT2D eigenvalue weighted by Gasteiger charge is -2.35. The van der Waals surface area contributed by atoms with E-state index in [4.69, 9.17) is 9.47 Å². The first-order valence-electron chi connectivity index (χ1n) is 10.00. The van der Waals surface area contributed by atoms with E-state index in [0.29, 0.717) is 30.3 Å². The van der Waals surface area contributed by atoms with Gasteiger partial charge in [-0.25, -0.2) is 4.90 Å². The quantitative estimate of drug-likeness (QED) is 0.694. The number of quaternary nitrogens is 1. The van der Waals surface area contributed by atoms with Crippen molar-refractivity contribution in [3.63, 3.8) is 0 Å². The Labute approximate surface area is 175 Å². The number of ether oxygens (including phenoxy) is 2. The minimum Gasteiger partial charge on any atom is -0.506 e. The second kappa shape index (κ2) is 8.23. The highest BCUT2D eigenvalue weighted by Crippen LogP contribution is 2.33. The average molecular weight is 412 g/mol. The molecule has 2 aliphatic heterocycles. The smallest absolute Gasteiger partial charge is 0.292 e. The molecule has 1 atom stereocenters. The molecule has 8 nitrogen and oxygen atoms in total. The number of imide groups is 1. The molecule has 2 fully saturated rings. The van der Waals surface area contributed by atoms with E-state index < -0.39 is 6.04 Å². The van der Waals surface area contributed by atoms with Crippen molar-refractivity contribution < 1.29 is 29.1 Å². The molecule has 0 aromatic heterocycles. The number of carbonyl (C=O) groups is 2. The fourth-order valence-electron chi connectivity index (χ4n) is 4.30. The number of anilines is 2. The highest BCUT2D eigenvalue weighted by Gasteiger charge is 2.46. The first-order valence-corrected chi connectivity index (χ1v) is 10.00. The Morgan fingerprint density at radius 3 is 2.37 bits per heavy atom. The largest absolute Gasteiger partial charge is 0.506 e. The Hall–Kier alpha value is -3.26. The molecule has 0 spiro atoms. The molecule has 0 bridgehead atoms. The molecule has 2 aliphatic rings. The molecule has 158 valence electrons. The average Bonchev–Trinajstić information content (AvgIpc) is 3.07. The van der Waals surface area contributed by atoms with Gasteiger partial charge >= 0.3 is 0 Å². The molecule has 30 heavy (non-hydrogen) atoms. The molecule has 2 heterocycles. The van der Waals surface area contributed by atoms with Gasteiger partial charge in [0.15, 0.2) is 17.5 Å². The Morgan fingerprint density at radius 1 is 1.00 bits per heavy atom. The van der Waals surface area contributed by atoms with Crippen molar-refractivity contribution in [2.24, 2.45) is 0 Å². The molecular formula is C22H26N3O5+. The van der Waals surface area contributed by atoms with Crippen LogP contribution in [0, 0.1) is 0 Å². The molecular weight excluding hydrogens is 386 g/mol. The Balaban J connectivity index is 1.47. The SMILES string of the molecule is COc1ccc(N2C(=O)C[C@H]([NH+]3CCN(c4ccccc4O)CC3)C2=O)cc1OC. The number of piperazine rings is 1. The maximum Gasteiger partial charge on any atom is 0.292 e. The second-order valence-corrected chi connectivity index (χ2v) is 7.50. The third kappa shape index (κ3) is 3.54. The van der Waals surface area contributed by atoms with Crippen LogP contribution in [0.1, 0.15) is 6.42 Å². The number of methoxy groups -OCH3 is 2. The fraction of sp³-hybridized carbons (Fsp3) is 0.364. The van der Waals surface area contributed by atoms with E-state index in [0.717, 1.165) is 23.7 Å². The summed E-state index contributed by atoms with van der Waals surface area (Å²) in [5.41, 5.74) is 1.30. The van der Waals surface area contributed by atoms with Crippen LogP contribution >= 0.6 is 0 Å². The summed E-state index contributed by atoms with van der Waals surface area (Å²) in [7, 11) is 3.06. The van der Waals surface area contributed by atoms with Crippen molar-refractivity contribution in [2.75, 3.05) is 50.2 Å². The van der Waals surface area contributed by atoms with Crippen LogP contribution in [0.3, 0.4) is 0 Å². The Bertz CT molecular complexity index is 956. The van der Waals surface area contributed by atoms with Gasteiger partial charge < -0.3 is 24.4 Å². The van der Waals surface area contributed by atoms with Gasteiger partial charge in [0.2, 0.25) is 5.91 Å². The van der Waals surface area contributed by atoms with E-state index in [2.05, 4.69) is 4.90 Å². The lowest BCUT2D eigenvalue weighted by Crippen LogP contribution is -3.19. The minimum atomic E-state index is -0.392. The van der Waals surface area contributed by atoms with Gasteiger partial charge in [-0.2, -0.15) is 0 Å². The van der Waals surface area contributed by atoms with Crippen molar-refractivity contribution in [2.45, 2.75) is 12.5 Å². The highest BCUT2D eigenvalue weighted by molar-refractivity contribution is 6.22. The van der Waals surface area contributed by atoms with E-state index in [1.165, 1.54) is 19.1 Å². The molecule has 0 unspecified atom stereocenters. The summed E-state index contributed by atoms with van der Waals surface area (Å²) in [5.74, 6) is 0.893. The molecule has 2 aromatic rings. The molecule has 2 amide bonds. The number of hydrogen-bond acceptors (Lipinski definition) is 6. The van der Waals surface area contributed by atoms with Crippen LogP contribution in [0.5, 0.6) is 17.2 Å². The van der Waals surface area contributed by atoms with Crippen LogP contribution in [0.4, 0.5) is 11.4 Å². The van der Waals surface area contributed by atoms with Crippen LogP contribution in [-0.2, 0) is 9.59 Å². The molecule has 0 aliphatic carbocycles. The molecule has 2 N–H and O–H groups in total. The topological polar surface area (TPSA) is 83.8 Å². The van der Waals surface area contributed by atoms with Crippen molar-refractivity contribution in [3.8, 4) is 17.2 Å². The van der Waals surface area contributed by atoms with Crippen molar-refractivity contribution in [1.29, 1.82) is 0 Å². The number of benzene rings is 2. The number of phenols is 1. The van der Waals surface area contributed by atoms with Gasteiger partial charge in [0.1, 0.15) is 5.75 Å². The first kappa shape index (κ1) is 20.0. The normalized spacial score (nSPS) is 20.0. The van der Waals surface area contributed by atoms with Crippen LogP contribution in [-0.4, -0.2) is 63.4 Å². The number of carbonyl (C=O) groups excluding carboxylic acids is 2. The van der Waals surface area contributed by atoms with E-state index >= 15 is 0 Å². The molecule has 0 radical (unpaired) electrons. The molecule has 2 saturated heterocycles. The fourth-order valence-corrected chi connectivity index (χ4v) is 4.30. The molecule has 0 saturated carbocycles. The van der Waals surface area contributed by atoms with Crippen LogP contribution in [0.2, 0.25) is 0 Å². The first-order chi connectivity index (χ1) is 14.5. The molecule has 8 heteroatoms. The predicted octanol–water partition coefficient (Wildman–Crippen LogP) is 0.446. The number of aromatic hydroxyl groups is 1. The van der Waals surface area contributed by atoms with Crippen LogP contribution in [0.15, 0.2) is 42.5 Å². The van der Waals surface area contributed by atoms with E-state index in [1.54, 1.807) is 30.3 Å². The van der Waals surface area contributed by atoms with Gasteiger partial charge in [-0.3, -0.25) is 9.59 Å². The summed E-state index contributed by atoms with van der Waals surface area (Å²) in [5, 5.41) is 10.1. The number of phenolic OH excluding ortho intramolecular Hbond substituents is 1. The predicted molar refractivity (Wildman–Crippen MR) is 111 cm³/mol. The van der Waals surface area contributed by atoms with Gasteiger partial charge in [0, 0.05) is 6.07 Å². The lowest BCUT2D eigenvalue weighted by molar-refractivity contribution is -0.915. The van der Waals surface area contributed by atoms with Gasteiger partial charge in [-0.15, -0.1) is 0 Å². The summed E-state index contributed by atoms with van der Waals surface area (Å²) in [6, 6.07) is 11.9. The monoisotopic (exact) mass is 412 g/mol. The number of nitrogens with one attached hydrogen (secondary N) is 1. The second-order valence-electron chi connectivity index (χ2n) is 7.50. The number of para-hydroxylation sites is 2. The number of rotatable bonds is 5.